The Morgan fingerprint density at radius 1 is 1.28 bits per heavy atom. The first kappa shape index (κ1) is 12.1. The van der Waals surface area contributed by atoms with Crippen LogP contribution in [-0.4, -0.2) is 34.5 Å². The molecule has 0 bridgehead atoms. The van der Waals surface area contributed by atoms with Gasteiger partial charge < -0.3 is 10.0 Å². The zero-order valence-electron chi connectivity index (χ0n) is 9.58. The number of hydrogen-bond acceptors (Lipinski definition) is 5. The van der Waals surface area contributed by atoms with E-state index in [1.807, 2.05) is 24.3 Å². The molecule has 1 aliphatic heterocycles. The van der Waals surface area contributed by atoms with E-state index >= 15 is 0 Å². The molecule has 1 N–H and O–H groups in total. The fourth-order valence-electron chi connectivity index (χ4n) is 2.03. The van der Waals surface area contributed by atoms with Crippen LogP contribution in [0.15, 0.2) is 28.1 Å². The quantitative estimate of drug-likeness (QED) is 0.921. The van der Waals surface area contributed by atoms with Crippen LogP contribution in [0.3, 0.4) is 0 Å². The number of β-amino-alcohol motifs (C(OH)–C–C–N with tert-alkyl or cyclic N) is 1. The molecular weight excluding hydrogens is 314 g/mol. The second-order valence-corrected chi connectivity index (χ2v) is 6.73. The number of halogens is 1. The Morgan fingerprint density at radius 2 is 2.17 bits per heavy atom. The van der Waals surface area contributed by atoms with E-state index in [1.54, 1.807) is 11.3 Å². The van der Waals surface area contributed by atoms with Gasteiger partial charge in [0.15, 0.2) is 5.82 Å². The van der Waals surface area contributed by atoms with Crippen molar-refractivity contribution in [3.05, 3.63) is 28.1 Å². The molecule has 1 atom stereocenters. The molecule has 1 fully saturated rings. The van der Waals surface area contributed by atoms with Crippen molar-refractivity contribution in [2.75, 3.05) is 18.0 Å². The number of anilines is 1. The maximum atomic E-state index is 9.50. The highest BCUT2D eigenvalue weighted by Gasteiger charge is 2.21. The summed E-state index contributed by atoms with van der Waals surface area (Å²) in [6.45, 7) is 1.50. The standard InChI is InChI=1S/C12H12BrN3OS/c13-11-3-2-10(18-11)9-1-4-12(15-14-9)16-6-5-8(17)7-16/h1-4,8,17H,5-7H2. The van der Waals surface area contributed by atoms with Crippen LogP contribution in [-0.2, 0) is 0 Å². The Kier molecular flexibility index (Phi) is 3.32. The summed E-state index contributed by atoms with van der Waals surface area (Å²) in [7, 11) is 0. The Labute approximate surface area is 117 Å². The van der Waals surface area contributed by atoms with E-state index in [2.05, 4.69) is 31.0 Å². The average molecular weight is 326 g/mol. The van der Waals surface area contributed by atoms with Crippen molar-refractivity contribution < 1.29 is 5.11 Å². The molecule has 94 valence electrons. The monoisotopic (exact) mass is 325 g/mol. The lowest BCUT2D eigenvalue weighted by Crippen LogP contribution is -2.22. The minimum absolute atomic E-state index is 0.236. The molecule has 0 saturated carbocycles. The van der Waals surface area contributed by atoms with Crippen molar-refractivity contribution in [1.29, 1.82) is 0 Å². The molecule has 6 heteroatoms. The van der Waals surface area contributed by atoms with E-state index in [9.17, 15) is 5.11 Å². The van der Waals surface area contributed by atoms with E-state index in [0.29, 0.717) is 6.54 Å². The van der Waals surface area contributed by atoms with Gasteiger partial charge in [0.2, 0.25) is 0 Å². The van der Waals surface area contributed by atoms with E-state index < -0.39 is 0 Å². The summed E-state index contributed by atoms with van der Waals surface area (Å²) in [5, 5.41) is 18.0. The fraction of sp³-hybridized carbons (Fsp3) is 0.333. The van der Waals surface area contributed by atoms with Crippen LogP contribution >= 0.6 is 27.3 Å². The van der Waals surface area contributed by atoms with Gasteiger partial charge in [-0.1, -0.05) is 0 Å². The SMILES string of the molecule is OC1CCN(c2ccc(-c3ccc(Br)s3)nn2)C1. The topological polar surface area (TPSA) is 49.2 Å². The van der Waals surface area contributed by atoms with E-state index in [4.69, 9.17) is 0 Å². The molecule has 0 aliphatic carbocycles. The van der Waals surface area contributed by atoms with Crippen molar-refractivity contribution >= 4 is 33.1 Å². The molecule has 1 unspecified atom stereocenters. The molecule has 3 rings (SSSR count). The number of nitrogens with zero attached hydrogens (tertiary/aromatic N) is 3. The summed E-state index contributed by atoms with van der Waals surface area (Å²) in [6, 6.07) is 7.98. The smallest absolute Gasteiger partial charge is 0.151 e. The summed E-state index contributed by atoms with van der Waals surface area (Å²) in [5.74, 6) is 0.839. The summed E-state index contributed by atoms with van der Waals surface area (Å²) in [4.78, 5) is 3.16. The number of rotatable bonds is 2. The number of aliphatic hydroxyl groups is 1. The Hall–Kier alpha value is -0.980. The largest absolute Gasteiger partial charge is 0.391 e. The van der Waals surface area contributed by atoms with Gasteiger partial charge in [0.1, 0.15) is 5.69 Å². The Balaban J connectivity index is 1.81. The summed E-state index contributed by atoms with van der Waals surface area (Å²) in [6.07, 6.45) is 0.570. The van der Waals surface area contributed by atoms with Gasteiger partial charge in [-0.15, -0.1) is 21.5 Å². The van der Waals surface area contributed by atoms with Crippen molar-refractivity contribution in [2.24, 2.45) is 0 Å². The van der Waals surface area contributed by atoms with Gasteiger partial charge in [-0.25, -0.2) is 0 Å². The molecule has 4 nitrogen and oxygen atoms in total. The molecule has 0 amide bonds. The highest BCUT2D eigenvalue weighted by molar-refractivity contribution is 9.11. The first-order valence-corrected chi connectivity index (χ1v) is 7.36. The molecular formula is C12H12BrN3OS. The summed E-state index contributed by atoms with van der Waals surface area (Å²) in [5.41, 5.74) is 0.884. The molecule has 0 aromatic carbocycles. The maximum absolute atomic E-state index is 9.50. The van der Waals surface area contributed by atoms with Gasteiger partial charge in [0.25, 0.3) is 0 Å². The summed E-state index contributed by atoms with van der Waals surface area (Å²) >= 11 is 5.08. The van der Waals surface area contributed by atoms with Gasteiger partial charge in [-0.2, -0.15) is 0 Å². The lowest BCUT2D eigenvalue weighted by molar-refractivity contribution is 0.198. The molecule has 2 aromatic rings. The summed E-state index contributed by atoms with van der Waals surface area (Å²) < 4.78 is 1.09. The van der Waals surface area contributed by atoms with E-state index in [0.717, 1.165) is 33.1 Å². The maximum Gasteiger partial charge on any atom is 0.151 e. The van der Waals surface area contributed by atoms with Crippen molar-refractivity contribution in [2.45, 2.75) is 12.5 Å². The lowest BCUT2D eigenvalue weighted by Gasteiger charge is -2.15. The Morgan fingerprint density at radius 3 is 2.72 bits per heavy atom. The molecule has 18 heavy (non-hydrogen) atoms. The lowest BCUT2D eigenvalue weighted by atomic mass is 10.3. The predicted molar refractivity (Wildman–Crippen MR) is 75.9 cm³/mol. The van der Waals surface area contributed by atoms with Gasteiger partial charge >= 0.3 is 0 Å². The number of aliphatic hydroxyl groups excluding tert-OH is 1. The van der Waals surface area contributed by atoms with E-state index in [1.165, 1.54) is 0 Å². The number of aromatic nitrogens is 2. The highest BCUT2D eigenvalue weighted by atomic mass is 79.9. The van der Waals surface area contributed by atoms with Crippen molar-refractivity contribution in [3.63, 3.8) is 0 Å². The molecule has 1 aliphatic rings. The van der Waals surface area contributed by atoms with Gasteiger partial charge in [0, 0.05) is 13.1 Å². The second kappa shape index (κ2) is 4.95. The molecule has 1 saturated heterocycles. The van der Waals surface area contributed by atoms with Crippen LogP contribution in [0.5, 0.6) is 0 Å². The van der Waals surface area contributed by atoms with Gasteiger partial charge in [-0.3, -0.25) is 0 Å². The molecule has 3 heterocycles. The fourth-order valence-corrected chi connectivity index (χ4v) is 3.38. The third-order valence-corrected chi connectivity index (χ3v) is 4.61. The van der Waals surface area contributed by atoms with Crippen molar-refractivity contribution in [3.8, 4) is 10.6 Å². The minimum atomic E-state index is -0.236. The first-order chi connectivity index (χ1) is 8.72. The molecule has 2 aromatic heterocycles. The van der Waals surface area contributed by atoms with Crippen LogP contribution in [0.4, 0.5) is 5.82 Å². The second-order valence-electron chi connectivity index (χ2n) is 4.27. The van der Waals surface area contributed by atoms with E-state index in [-0.39, 0.29) is 6.10 Å². The predicted octanol–water partition coefficient (Wildman–Crippen LogP) is 2.54. The normalized spacial score (nSPS) is 19.4. The first-order valence-electron chi connectivity index (χ1n) is 5.75. The zero-order chi connectivity index (χ0) is 12.5. The van der Waals surface area contributed by atoms with Crippen LogP contribution in [0, 0.1) is 0 Å². The third kappa shape index (κ3) is 2.41. The molecule has 0 spiro atoms. The van der Waals surface area contributed by atoms with Crippen LogP contribution < -0.4 is 4.90 Å². The average Bonchev–Trinajstić information content (AvgIpc) is 2.98. The minimum Gasteiger partial charge on any atom is -0.391 e. The van der Waals surface area contributed by atoms with Crippen LogP contribution in [0.2, 0.25) is 0 Å². The Bertz CT molecular complexity index is 543. The van der Waals surface area contributed by atoms with Gasteiger partial charge in [0.05, 0.1) is 14.8 Å². The van der Waals surface area contributed by atoms with Crippen molar-refractivity contribution in [1.82, 2.24) is 10.2 Å². The van der Waals surface area contributed by atoms with Crippen LogP contribution in [0.1, 0.15) is 6.42 Å². The number of hydrogen-bond donors (Lipinski definition) is 1. The van der Waals surface area contributed by atoms with Gasteiger partial charge in [-0.05, 0) is 46.6 Å². The third-order valence-electron chi connectivity index (χ3n) is 2.96. The van der Waals surface area contributed by atoms with Crippen LogP contribution in [0.25, 0.3) is 10.6 Å². The number of thiophene rings is 1. The molecule has 0 radical (unpaired) electrons. The highest BCUT2D eigenvalue weighted by Crippen LogP contribution is 2.30. The zero-order valence-corrected chi connectivity index (χ0v) is 12.0.